The number of rotatable bonds is 6. The van der Waals surface area contributed by atoms with Gasteiger partial charge in [-0.15, -0.1) is 0 Å². The number of hydrogen-bond acceptors (Lipinski definition) is 4. The molecule has 0 saturated carbocycles. The number of benzene rings is 1. The van der Waals surface area contributed by atoms with Gasteiger partial charge in [-0.1, -0.05) is 50.1 Å². The molecular weight excluding hydrogens is 438 g/mol. The smallest absolute Gasteiger partial charge is 0.411 e. The van der Waals surface area contributed by atoms with Crippen molar-refractivity contribution in [2.75, 3.05) is 13.6 Å². The van der Waals surface area contributed by atoms with Crippen molar-refractivity contribution in [1.82, 2.24) is 15.5 Å². The first kappa shape index (κ1) is 28.6. The molecule has 1 heterocycles. The molecule has 0 fully saturated rings. The molecule has 1 aliphatic heterocycles. The maximum Gasteiger partial charge on any atom is 0.411 e. The van der Waals surface area contributed by atoms with Gasteiger partial charge >= 0.3 is 6.09 Å². The van der Waals surface area contributed by atoms with Crippen LogP contribution in [-0.2, 0) is 16.1 Å². The highest BCUT2D eigenvalue weighted by Crippen LogP contribution is 2.31. The number of carbonyl (C=O) groups excluding carboxylic acids is 2. The van der Waals surface area contributed by atoms with E-state index in [4.69, 9.17) is 16.3 Å². The van der Waals surface area contributed by atoms with Gasteiger partial charge < -0.3 is 15.4 Å². The van der Waals surface area contributed by atoms with Crippen LogP contribution >= 0.6 is 11.6 Å². The summed E-state index contributed by atoms with van der Waals surface area (Å²) in [5.74, 6) is -0.157. The summed E-state index contributed by atoms with van der Waals surface area (Å²) in [6, 6.07) is 7.16. The molecule has 0 radical (unpaired) electrons. The van der Waals surface area contributed by atoms with Crippen LogP contribution in [0.15, 0.2) is 46.7 Å². The van der Waals surface area contributed by atoms with Gasteiger partial charge in [0.2, 0.25) is 0 Å². The number of hydrogen-bond donors (Lipinski definition) is 2. The van der Waals surface area contributed by atoms with Gasteiger partial charge in [0.05, 0.1) is 12.6 Å². The molecule has 0 spiro atoms. The molecule has 1 atom stereocenters. The largest absolute Gasteiger partial charge is 0.444 e. The van der Waals surface area contributed by atoms with Crippen LogP contribution in [0.25, 0.3) is 0 Å². The highest BCUT2D eigenvalue weighted by molar-refractivity contribution is 6.30. The second kappa shape index (κ2) is 12.7. The van der Waals surface area contributed by atoms with Crippen molar-refractivity contribution in [2.45, 2.75) is 80.0 Å². The van der Waals surface area contributed by atoms with Crippen LogP contribution in [0.1, 0.15) is 67.4 Å². The number of ether oxygens (including phenoxy) is 1. The van der Waals surface area contributed by atoms with Crippen LogP contribution in [0.5, 0.6) is 0 Å². The van der Waals surface area contributed by atoms with E-state index in [2.05, 4.69) is 10.6 Å². The van der Waals surface area contributed by atoms with Gasteiger partial charge in [0, 0.05) is 35.5 Å². The molecule has 7 heteroatoms. The topological polar surface area (TPSA) is 70.7 Å². The first-order valence-corrected chi connectivity index (χ1v) is 12.0. The molecule has 0 aromatic heterocycles. The highest BCUT2D eigenvalue weighted by Gasteiger charge is 2.37. The molecule has 184 valence electrons. The third-order valence-corrected chi connectivity index (χ3v) is 5.54. The zero-order valence-electron chi connectivity index (χ0n) is 21.6. The monoisotopic (exact) mass is 477 g/mol. The molecule has 2 amide bonds. The van der Waals surface area contributed by atoms with E-state index < -0.39 is 11.7 Å². The average molecular weight is 478 g/mol. The molecule has 6 nitrogen and oxygen atoms in total. The molecule has 0 aliphatic carbocycles. The fraction of sp³-hybridized carbons (Fsp3) is 0.538. The molecule has 33 heavy (non-hydrogen) atoms. The molecule has 1 unspecified atom stereocenters. The second-order valence-electron chi connectivity index (χ2n) is 8.74. The van der Waals surface area contributed by atoms with Crippen molar-refractivity contribution in [1.29, 1.82) is 0 Å². The van der Waals surface area contributed by atoms with Gasteiger partial charge in [-0.3, -0.25) is 9.69 Å². The first-order valence-electron chi connectivity index (χ1n) is 11.6. The number of nitrogens with one attached hydrogen (secondary N) is 2. The first-order chi connectivity index (χ1) is 15.5. The van der Waals surface area contributed by atoms with Crippen molar-refractivity contribution in [3.05, 3.63) is 57.3 Å². The molecular formula is C26H40ClN3O3. The predicted molar refractivity (Wildman–Crippen MR) is 136 cm³/mol. The number of likely N-dealkylation sites (N-methyl/N-ethyl adjacent to an activating group) is 1. The zero-order chi connectivity index (χ0) is 25.3. The fourth-order valence-corrected chi connectivity index (χ4v) is 3.68. The van der Waals surface area contributed by atoms with Crippen LogP contribution < -0.4 is 10.6 Å². The minimum Gasteiger partial charge on any atom is -0.444 e. The number of halogens is 1. The molecule has 1 aromatic rings. The Hall–Kier alpha value is -2.47. The Kier molecular flexibility index (Phi) is 11.0. The second-order valence-corrected chi connectivity index (χ2v) is 9.18. The maximum atomic E-state index is 13.3. The summed E-state index contributed by atoms with van der Waals surface area (Å²) in [7, 11) is 1.81. The van der Waals surface area contributed by atoms with Gasteiger partial charge in [0.15, 0.2) is 0 Å². The SMILES string of the molecule is CC.CCC(C)=C(C(=O)NCc1ccc(Cl)cc1)C1=C(NC)C(C)N(C(=O)OC(C)(C)C)C1. The van der Waals surface area contributed by atoms with Crippen LogP contribution in [0.4, 0.5) is 4.79 Å². The molecule has 1 aliphatic rings. The van der Waals surface area contributed by atoms with Crippen LogP contribution in [-0.4, -0.2) is 42.1 Å². The minimum absolute atomic E-state index is 0.157. The predicted octanol–water partition coefficient (Wildman–Crippen LogP) is 5.82. The van der Waals surface area contributed by atoms with Crippen molar-refractivity contribution < 1.29 is 14.3 Å². The third-order valence-electron chi connectivity index (χ3n) is 5.29. The zero-order valence-corrected chi connectivity index (χ0v) is 22.3. The third kappa shape index (κ3) is 7.81. The lowest BCUT2D eigenvalue weighted by atomic mass is 9.96. The van der Waals surface area contributed by atoms with E-state index in [9.17, 15) is 9.59 Å². The molecule has 0 bridgehead atoms. The number of allylic oxidation sites excluding steroid dienone is 1. The van der Waals surface area contributed by atoms with Gasteiger partial charge in [-0.05, 0) is 58.7 Å². The fourth-order valence-electron chi connectivity index (χ4n) is 3.56. The van der Waals surface area contributed by atoms with E-state index in [1.807, 2.05) is 74.6 Å². The van der Waals surface area contributed by atoms with Crippen LogP contribution in [0.2, 0.25) is 5.02 Å². The molecule has 1 aromatic carbocycles. The Balaban J connectivity index is 0.00000265. The molecule has 2 N–H and O–H groups in total. The van der Waals surface area contributed by atoms with E-state index in [0.717, 1.165) is 28.8 Å². The van der Waals surface area contributed by atoms with Crippen molar-refractivity contribution in [3.8, 4) is 0 Å². The molecule has 2 rings (SSSR count). The normalized spacial score (nSPS) is 16.5. The summed E-state index contributed by atoms with van der Waals surface area (Å²) in [4.78, 5) is 27.7. The van der Waals surface area contributed by atoms with E-state index in [-0.39, 0.29) is 11.9 Å². The lowest BCUT2D eigenvalue weighted by molar-refractivity contribution is -0.117. The lowest BCUT2D eigenvalue weighted by Gasteiger charge is -2.28. The van der Waals surface area contributed by atoms with Crippen molar-refractivity contribution >= 4 is 23.6 Å². The summed E-state index contributed by atoms with van der Waals surface area (Å²) >= 11 is 5.95. The Morgan fingerprint density at radius 3 is 2.24 bits per heavy atom. The highest BCUT2D eigenvalue weighted by atomic mass is 35.5. The van der Waals surface area contributed by atoms with E-state index in [1.54, 1.807) is 17.0 Å². The van der Waals surface area contributed by atoms with Gasteiger partial charge in [-0.2, -0.15) is 0 Å². The summed E-state index contributed by atoms with van der Waals surface area (Å²) in [6.07, 6.45) is 0.336. The minimum atomic E-state index is -0.590. The van der Waals surface area contributed by atoms with E-state index >= 15 is 0 Å². The van der Waals surface area contributed by atoms with Gasteiger partial charge in [0.1, 0.15) is 5.60 Å². The van der Waals surface area contributed by atoms with E-state index in [0.29, 0.717) is 23.7 Å². The van der Waals surface area contributed by atoms with Crippen LogP contribution in [0, 0.1) is 0 Å². The van der Waals surface area contributed by atoms with Crippen molar-refractivity contribution in [2.24, 2.45) is 0 Å². The van der Waals surface area contributed by atoms with Crippen LogP contribution in [0.3, 0.4) is 0 Å². The summed E-state index contributed by atoms with van der Waals surface area (Å²) in [5.41, 5.74) is 3.65. The Labute approximate surface area is 204 Å². The number of amides is 2. The van der Waals surface area contributed by atoms with Gasteiger partial charge in [0.25, 0.3) is 5.91 Å². The summed E-state index contributed by atoms with van der Waals surface area (Å²) in [5, 5.41) is 6.88. The lowest BCUT2D eigenvalue weighted by Crippen LogP contribution is -2.41. The van der Waals surface area contributed by atoms with E-state index in [1.165, 1.54) is 0 Å². The molecule has 0 saturated heterocycles. The number of nitrogens with zero attached hydrogens (tertiary/aromatic N) is 1. The van der Waals surface area contributed by atoms with Crippen molar-refractivity contribution in [3.63, 3.8) is 0 Å². The Bertz CT molecular complexity index is 883. The Morgan fingerprint density at radius 2 is 1.76 bits per heavy atom. The maximum absolute atomic E-state index is 13.3. The Morgan fingerprint density at radius 1 is 1.18 bits per heavy atom. The summed E-state index contributed by atoms with van der Waals surface area (Å²) < 4.78 is 5.58. The quantitative estimate of drug-likeness (QED) is 0.506. The number of carbonyl (C=O) groups is 2. The standard InChI is InChI=1S/C24H34ClN3O3.C2H6/c1-8-15(2)20(22(29)27-13-17-9-11-18(25)12-10-17)19-14-28(16(3)21(19)26-7)23(30)31-24(4,5)6;1-2/h9-12,16,26H,8,13-14H2,1-7H3,(H,27,29);1-2H3. The van der Waals surface area contributed by atoms with Gasteiger partial charge in [-0.25, -0.2) is 4.79 Å². The summed E-state index contributed by atoms with van der Waals surface area (Å²) in [6.45, 7) is 16.1. The average Bonchev–Trinajstić information content (AvgIpc) is 3.09.